The summed E-state index contributed by atoms with van der Waals surface area (Å²) in [5.74, 6) is 0.755. The molecule has 0 aromatic rings. The van der Waals surface area contributed by atoms with Gasteiger partial charge in [0.25, 0.3) is 0 Å². The molecule has 0 aliphatic rings. The molecule has 11 heavy (non-hydrogen) atoms. The molecule has 0 radical (unpaired) electrons. The van der Waals surface area contributed by atoms with E-state index in [2.05, 4.69) is 26.1 Å². The minimum atomic E-state index is 0.653. The first-order valence-corrected chi connectivity index (χ1v) is 4.85. The van der Waals surface area contributed by atoms with Crippen molar-refractivity contribution in [2.45, 2.75) is 54.5 Å². The Morgan fingerprint density at radius 1 is 0.818 bits per heavy atom. The number of hydrogen-bond donors (Lipinski definition) is 1. The van der Waals surface area contributed by atoms with Gasteiger partial charge in [-0.1, -0.05) is 41.5 Å². The van der Waals surface area contributed by atoms with Crippen molar-refractivity contribution in [2.24, 2.45) is 5.92 Å². The van der Waals surface area contributed by atoms with Crippen molar-refractivity contribution in [1.29, 1.82) is 0 Å². The van der Waals surface area contributed by atoms with Crippen LogP contribution in [0.25, 0.3) is 0 Å². The normalized spacial score (nSPS) is 10.6. The molecule has 0 bridgehead atoms. The third-order valence-corrected chi connectivity index (χ3v) is 1.46. The van der Waals surface area contributed by atoms with Gasteiger partial charge in [-0.15, -0.1) is 0 Å². The highest BCUT2D eigenvalue weighted by molar-refractivity contribution is 4.59. The van der Waals surface area contributed by atoms with Crippen molar-refractivity contribution in [3.05, 3.63) is 0 Å². The van der Waals surface area contributed by atoms with Crippen LogP contribution >= 0.6 is 0 Å². The summed E-state index contributed by atoms with van der Waals surface area (Å²) in [6.07, 6.45) is 0. The summed E-state index contributed by atoms with van der Waals surface area (Å²) in [4.78, 5) is 0. The Morgan fingerprint density at radius 3 is 1.09 bits per heavy atom. The number of rotatable bonds is 2. The first-order valence-electron chi connectivity index (χ1n) is 4.85. The molecule has 0 aliphatic carbocycles. The van der Waals surface area contributed by atoms with E-state index >= 15 is 0 Å². The maximum atomic E-state index is 3.16. The van der Waals surface area contributed by atoms with Crippen LogP contribution in [-0.2, 0) is 0 Å². The zero-order valence-corrected chi connectivity index (χ0v) is 9.65. The van der Waals surface area contributed by atoms with Gasteiger partial charge in [-0.3, -0.25) is 0 Å². The van der Waals surface area contributed by atoms with E-state index in [0.29, 0.717) is 6.04 Å². The lowest BCUT2D eigenvalue weighted by molar-refractivity contribution is 0.459. The first kappa shape index (κ1) is 17.2. The Kier molecular flexibility index (Phi) is 25.7. The van der Waals surface area contributed by atoms with Gasteiger partial charge in [0, 0.05) is 6.04 Å². The van der Waals surface area contributed by atoms with Crippen LogP contribution in [0.2, 0.25) is 0 Å². The molecule has 1 N–H and O–H groups in total. The zero-order valence-electron chi connectivity index (χ0n) is 9.65. The van der Waals surface area contributed by atoms with Crippen LogP contribution < -0.4 is 5.32 Å². The van der Waals surface area contributed by atoms with Gasteiger partial charge in [0.05, 0.1) is 0 Å². The van der Waals surface area contributed by atoms with Crippen LogP contribution in [0.4, 0.5) is 0 Å². The van der Waals surface area contributed by atoms with E-state index in [1.54, 1.807) is 0 Å². The van der Waals surface area contributed by atoms with Crippen molar-refractivity contribution in [3.8, 4) is 0 Å². The molecule has 0 aromatic carbocycles. The average Bonchev–Trinajstić information content (AvgIpc) is 2.10. The monoisotopic (exact) mass is 161 g/mol. The van der Waals surface area contributed by atoms with Crippen LogP contribution in [-0.4, -0.2) is 13.1 Å². The molecule has 0 amide bonds. The fourth-order valence-electron chi connectivity index (χ4n) is 0.333. The number of nitrogens with one attached hydrogen (secondary N) is 1. The van der Waals surface area contributed by atoms with Gasteiger partial charge < -0.3 is 5.32 Å². The van der Waals surface area contributed by atoms with Gasteiger partial charge in [-0.05, 0) is 19.9 Å². The third-order valence-electron chi connectivity index (χ3n) is 1.46. The zero-order chi connectivity index (χ0) is 9.86. The molecule has 0 heterocycles. The predicted molar refractivity (Wildman–Crippen MR) is 56.1 cm³/mol. The molecule has 1 atom stereocenters. The summed E-state index contributed by atoms with van der Waals surface area (Å²) in [7, 11) is 1.99. The van der Waals surface area contributed by atoms with Crippen LogP contribution in [0.3, 0.4) is 0 Å². The van der Waals surface area contributed by atoms with E-state index in [1.165, 1.54) is 0 Å². The molecule has 1 heteroatoms. The third kappa shape index (κ3) is 17.8. The van der Waals surface area contributed by atoms with Crippen molar-refractivity contribution in [3.63, 3.8) is 0 Å². The Labute approximate surface area is 73.6 Å². The van der Waals surface area contributed by atoms with Crippen LogP contribution in [0.15, 0.2) is 0 Å². The molecule has 0 aromatic heterocycles. The molecule has 72 valence electrons. The molecule has 0 saturated carbocycles. The van der Waals surface area contributed by atoms with Crippen molar-refractivity contribution in [2.75, 3.05) is 7.05 Å². The van der Waals surface area contributed by atoms with Gasteiger partial charge in [0.1, 0.15) is 0 Å². The van der Waals surface area contributed by atoms with Crippen molar-refractivity contribution in [1.82, 2.24) is 5.32 Å². The molecule has 1 nitrogen and oxygen atoms in total. The van der Waals surface area contributed by atoms with Gasteiger partial charge >= 0.3 is 0 Å². The van der Waals surface area contributed by atoms with Gasteiger partial charge in [-0.25, -0.2) is 0 Å². The van der Waals surface area contributed by atoms with E-state index in [1.807, 2.05) is 34.7 Å². The second-order valence-corrected chi connectivity index (χ2v) is 2.32. The second-order valence-electron chi connectivity index (χ2n) is 2.32. The summed E-state index contributed by atoms with van der Waals surface area (Å²) in [5, 5.41) is 3.16. The summed E-state index contributed by atoms with van der Waals surface area (Å²) in [6, 6.07) is 0.653. The fourth-order valence-corrected chi connectivity index (χ4v) is 0.333. The van der Waals surface area contributed by atoms with Crippen LogP contribution in [0.5, 0.6) is 0 Å². The second kappa shape index (κ2) is 16.5. The van der Waals surface area contributed by atoms with E-state index < -0.39 is 0 Å². The standard InChI is InChI=1S/C6H15N.2C2H6/c1-5(2)6(3)7-4;2*1-2/h5-7H,1-4H3;2*1-2H3. The molecule has 0 saturated heterocycles. The molecular formula is C10H27N. The summed E-state index contributed by atoms with van der Waals surface area (Å²) < 4.78 is 0. The van der Waals surface area contributed by atoms with E-state index in [4.69, 9.17) is 0 Å². The van der Waals surface area contributed by atoms with Gasteiger partial charge in [-0.2, -0.15) is 0 Å². The van der Waals surface area contributed by atoms with Gasteiger partial charge in [0.2, 0.25) is 0 Å². The molecular weight excluding hydrogens is 134 g/mol. The Morgan fingerprint density at radius 2 is 1.09 bits per heavy atom. The largest absolute Gasteiger partial charge is 0.317 e. The Hall–Kier alpha value is -0.0400. The van der Waals surface area contributed by atoms with E-state index in [-0.39, 0.29) is 0 Å². The number of hydrogen-bond acceptors (Lipinski definition) is 1. The Balaban J connectivity index is -0.000000138. The fraction of sp³-hybridized carbons (Fsp3) is 1.00. The van der Waals surface area contributed by atoms with Crippen LogP contribution in [0, 0.1) is 5.92 Å². The minimum absolute atomic E-state index is 0.653. The van der Waals surface area contributed by atoms with Gasteiger partial charge in [0.15, 0.2) is 0 Å². The smallest absolute Gasteiger partial charge is 0.00587 e. The predicted octanol–water partition coefficient (Wildman–Crippen LogP) is 3.30. The average molecular weight is 161 g/mol. The minimum Gasteiger partial charge on any atom is -0.317 e. The summed E-state index contributed by atoms with van der Waals surface area (Å²) in [6.45, 7) is 14.6. The van der Waals surface area contributed by atoms with E-state index in [0.717, 1.165) is 5.92 Å². The summed E-state index contributed by atoms with van der Waals surface area (Å²) in [5.41, 5.74) is 0. The van der Waals surface area contributed by atoms with E-state index in [9.17, 15) is 0 Å². The maximum Gasteiger partial charge on any atom is 0.00587 e. The lowest BCUT2D eigenvalue weighted by Gasteiger charge is -2.12. The Bertz CT molecular complexity index is 42.1. The van der Waals surface area contributed by atoms with Crippen molar-refractivity contribution >= 4 is 0 Å². The SMILES string of the molecule is CC.CC.CNC(C)C(C)C. The lowest BCUT2D eigenvalue weighted by Crippen LogP contribution is -2.26. The van der Waals surface area contributed by atoms with Crippen LogP contribution in [0.1, 0.15) is 48.5 Å². The first-order chi connectivity index (χ1) is 5.18. The topological polar surface area (TPSA) is 12.0 Å². The highest BCUT2D eigenvalue weighted by Crippen LogP contribution is 1.96. The molecule has 1 unspecified atom stereocenters. The summed E-state index contributed by atoms with van der Waals surface area (Å²) >= 11 is 0. The maximum absolute atomic E-state index is 3.16. The quantitative estimate of drug-likeness (QED) is 0.655. The lowest BCUT2D eigenvalue weighted by atomic mass is 10.1. The highest BCUT2D eigenvalue weighted by Gasteiger charge is 2.00. The molecule has 0 rings (SSSR count). The molecule has 0 spiro atoms. The molecule has 0 aliphatic heterocycles. The molecule has 0 fully saturated rings. The van der Waals surface area contributed by atoms with Crippen molar-refractivity contribution < 1.29 is 0 Å². The highest BCUT2D eigenvalue weighted by atomic mass is 14.9.